The molecule has 0 atom stereocenters. The molecule has 34 heavy (non-hydrogen) atoms. The van der Waals surface area contributed by atoms with Gasteiger partial charge in [-0.3, -0.25) is 4.90 Å². The van der Waals surface area contributed by atoms with Crippen molar-refractivity contribution < 1.29 is 17.9 Å². The fourth-order valence-electron chi connectivity index (χ4n) is 4.33. The van der Waals surface area contributed by atoms with Crippen LogP contribution in [0.4, 0.5) is 19.0 Å². The minimum absolute atomic E-state index is 0.328. The maximum Gasteiger partial charge on any atom is 0.433 e. The van der Waals surface area contributed by atoms with Gasteiger partial charge < -0.3 is 9.64 Å². The molecule has 0 bridgehead atoms. The number of pyridine rings is 2. The van der Waals surface area contributed by atoms with Crippen LogP contribution in [0.25, 0.3) is 22.0 Å². The first-order chi connectivity index (χ1) is 16.4. The molecular weight excluding hydrogens is 461 g/mol. The van der Waals surface area contributed by atoms with Gasteiger partial charge in [-0.15, -0.1) is 0 Å². The maximum atomic E-state index is 13.4. The summed E-state index contributed by atoms with van der Waals surface area (Å²) in [5.74, 6) is 1.54. The molecule has 1 aliphatic heterocycles. The van der Waals surface area contributed by atoms with E-state index in [1.165, 1.54) is 17.4 Å². The van der Waals surface area contributed by atoms with E-state index in [1.807, 2.05) is 35.0 Å². The Balaban J connectivity index is 1.43. The number of nitrogens with zero attached hydrogens (tertiary/aromatic N) is 4. The average Bonchev–Trinajstić information content (AvgIpc) is 3.38. The van der Waals surface area contributed by atoms with Crippen molar-refractivity contribution in [3.8, 4) is 16.9 Å². The first kappa shape index (κ1) is 22.6. The van der Waals surface area contributed by atoms with Crippen LogP contribution in [0.2, 0.25) is 0 Å². The summed E-state index contributed by atoms with van der Waals surface area (Å²) < 4.78 is 45.7. The molecule has 0 amide bonds. The summed E-state index contributed by atoms with van der Waals surface area (Å²) in [7, 11) is 1.67. The van der Waals surface area contributed by atoms with Gasteiger partial charge in [0.1, 0.15) is 17.3 Å². The van der Waals surface area contributed by atoms with E-state index in [0.29, 0.717) is 22.3 Å². The number of benzene rings is 1. The van der Waals surface area contributed by atoms with Gasteiger partial charge in [-0.25, -0.2) is 9.97 Å². The van der Waals surface area contributed by atoms with Crippen molar-refractivity contribution in [3.63, 3.8) is 0 Å². The number of anilines is 1. The van der Waals surface area contributed by atoms with E-state index in [-0.39, 0.29) is 0 Å². The van der Waals surface area contributed by atoms with Gasteiger partial charge in [0.2, 0.25) is 0 Å². The molecule has 1 saturated heterocycles. The molecule has 9 heteroatoms. The fraction of sp³-hybridized carbons (Fsp3) is 0.280. The Morgan fingerprint density at radius 1 is 1.03 bits per heavy atom. The van der Waals surface area contributed by atoms with E-state index >= 15 is 0 Å². The van der Waals surface area contributed by atoms with Gasteiger partial charge >= 0.3 is 6.18 Å². The lowest BCUT2D eigenvalue weighted by Gasteiger charge is -2.36. The molecule has 0 unspecified atom stereocenters. The molecule has 5 nitrogen and oxygen atoms in total. The van der Waals surface area contributed by atoms with Crippen LogP contribution in [0.3, 0.4) is 0 Å². The van der Waals surface area contributed by atoms with Crippen LogP contribution in [0.1, 0.15) is 11.3 Å². The molecule has 4 aromatic rings. The Bertz CT molecular complexity index is 1290. The molecule has 176 valence electrons. The molecule has 0 spiro atoms. The summed E-state index contributed by atoms with van der Waals surface area (Å²) >= 11 is 1.49. The zero-order valence-corrected chi connectivity index (χ0v) is 19.4. The summed E-state index contributed by atoms with van der Waals surface area (Å²) in [6.07, 6.45) is -2.86. The number of fused-ring (bicyclic) bond motifs is 1. The van der Waals surface area contributed by atoms with E-state index in [0.717, 1.165) is 55.7 Å². The smallest absolute Gasteiger partial charge is 0.433 e. The minimum atomic E-state index is -4.51. The molecule has 5 rings (SSSR count). The topological polar surface area (TPSA) is 41.5 Å². The Kier molecular flexibility index (Phi) is 6.14. The van der Waals surface area contributed by atoms with Gasteiger partial charge in [-0.2, -0.15) is 24.5 Å². The van der Waals surface area contributed by atoms with Gasteiger partial charge in [0, 0.05) is 55.4 Å². The molecule has 1 fully saturated rings. The number of hydrogen-bond acceptors (Lipinski definition) is 6. The highest BCUT2D eigenvalue weighted by Gasteiger charge is 2.33. The van der Waals surface area contributed by atoms with Crippen molar-refractivity contribution in [2.24, 2.45) is 0 Å². The molecule has 1 aliphatic rings. The number of rotatable bonds is 5. The van der Waals surface area contributed by atoms with Gasteiger partial charge in [0.15, 0.2) is 0 Å². The molecule has 3 aromatic heterocycles. The fourth-order valence-corrected chi connectivity index (χ4v) is 4.99. The number of methoxy groups -OCH3 is 1. The SMILES string of the molecule is COc1ccccc1CN1CCN(c2ncc(-c3ccsc3)c3nc(C(F)(F)F)ccc23)CC1. The lowest BCUT2D eigenvalue weighted by molar-refractivity contribution is -0.140. The number of hydrogen-bond donors (Lipinski definition) is 0. The second-order valence-corrected chi connectivity index (χ2v) is 8.95. The summed E-state index contributed by atoms with van der Waals surface area (Å²) in [6, 6.07) is 12.4. The molecule has 0 aliphatic carbocycles. The lowest BCUT2D eigenvalue weighted by atomic mass is 10.1. The van der Waals surface area contributed by atoms with Crippen LogP contribution in [0, 0.1) is 0 Å². The van der Waals surface area contributed by atoms with E-state index in [9.17, 15) is 13.2 Å². The molecule has 0 radical (unpaired) electrons. The van der Waals surface area contributed by atoms with Crippen molar-refractivity contribution in [2.75, 3.05) is 38.2 Å². The zero-order valence-electron chi connectivity index (χ0n) is 18.5. The minimum Gasteiger partial charge on any atom is -0.496 e. The predicted octanol–water partition coefficient (Wildman–Crippen LogP) is 5.71. The van der Waals surface area contributed by atoms with Crippen molar-refractivity contribution in [2.45, 2.75) is 12.7 Å². The first-order valence-corrected chi connectivity index (χ1v) is 11.9. The third-order valence-electron chi connectivity index (χ3n) is 6.09. The van der Waals surface area contributed by atoms with Crippen molar-refractivity contribution in [1.29, 1.82) is 0 Å². The van der Waals surface area contributed by atoms with E-state index in [1.54, 1.807) is 13.3 Å². The second-order valence-electron chi connectivity index (χ2n) is 8.17. The van der Waals surface area contributed by atoms with Gasteiger partial charge in [-0.1, -0.05) is 18.2 Å². The molecule has 1 aromatic carbocycles. The number of thiophene rings is 1. The van der Waals surface area contributed by atoms with E-state index < -0.39 is 11.9 Å². The van der Waals surface area contributed by atoms with Crippen LogP contribution in [0.5, 0.6) is 5.75 Å². The Hall–Kier alpha value is -3.17. The van der Waals surface area contributed by atoms with Crippen molar-refractivity contribution >= 4 is 28.1 Å². The number of para-hydroxylation sites is 1. The molecular formula is C25H23F3N4OS. The largest absolute Gasteiger partial charge is 0.496 e. The molecule has 0 N–H and O–H groups in total. The Morgan fingerprint density at radius 2 is 1.82 bits per heavy atom. The van der Waals surface area contributed by atoms with Gasteiger partial charge in [0.05, 0.1) is 12.6 Å². The summed E-state index contributed by atoms with van der Waals surface area (Å²) in [6.45, 7) is 3.83. The van der Waals surface area contributed by atoms with E-state index in [4.69, 9.17) is 4.74 Å². The zero-order chi connectivity index (χ0) is 23.7. The van der Waals surface area contributed by atoms with Crippen LogP contribution in [0.15, 0.2) is 59.4 Å². The number of aromatic nitrogens is 2. The monoisotopic (exact) mass is 484 g/mol. The highest BCUT2D eigenvalue weighted by atomic mass is 32.1. The second kappa shape index (κ2) is 9.23. The van der Waals surface area contributed by atoms with Gasteiger partial charge in [-0.05, 0) is 40.6 Å². The molecule has 4 heterocycles. The standard InChI is InChI=1S/C25H23F3N4OS/c1-33-21-5-3-2-4-17(21)15-31-9-11-32(12-10-31)24-19-6-7-22(25(26,27)28)30-23(19)20(14-29-24)18-8-13-34-16-18/h2-8,13-14,16H,9-12,15H2,1H3. The Morgan fingerprint density at radius 3 is 2.53 bits per heavy atom. The summed E-state index contributed by atoms with van der Waals surface area (Å²) in [5.41, 5.74) is 2.00. The van der Waals surface area contributed by atoms with Gasteiger partial charge in [0.25, 0.3) is 0 Å². The number of halogens is 3. The highest BCUT2D eigenvalue weighted by Crippen LogP contribution is 2.36. The predicted molar refractivity (Wildman–Crippen MR) is 128 cm³/mol. The normalized spacial score (nSPS) is 15.1. The third kappa shape index (κ3) is 4.45. The summed E-state index contributed by atoms with van der Waals surface area (Å²) in [4.78, 5) is 13.2. The summed E-state index contributed by atoms with van der Waals surface area (Å²) in [5, 5.41) is 4.42. The molecule has 0 saturated carbocycles. The first-order valence-electron chi connectivity index (χ1n) is 10.9. The third-order valence-corrected chi connectivity index (χ3v) is 6.77. The van der Waals surface area contributed by atoms with Crippen molar-refractivity contribution in [1.82, 2.24) is 14.9 Å². The highest BCUT2D eigenvalue weighted by molar-refractivity contribution is 7.08. The Labute approximate surface area is 199 Å². The lowest BCUT2D eigenvalue weighted by Crippen LogP contribution is -2.46. The average molecular weight is 485 g/mol. The number of piperazine rings is 1. The van der Waals surface area contributed by atoms with Crippen LogP contribution >= 0.6 is 11.3 Å². The van der Waals surface area contributed by atoms with Crippen LogP contribution in [-0.2, 0) is 12.7 Å². The van der Waals surface area contributed by atoms with E-state index in [2.05, 4.69) is 25.8 Å². The van der Waals surface area contributed by atoms with Crippen LogP contribution in [-0.4, -0.2) is 48.2 Å². The maximum absolute atomic E-state index is 13.4. The quantitative estimate of drug-likeness (QED) is 0.363. The van der Waals surface area contributed by atoms with Crippen molar-refractivity contribution in [3.05, 3.63) is 70.7 Å². The number of ether oxygens (including phenoxy) is 1. The van der Waals surface area contributed by atoms with Crippen LogP contribution < -0.4 is 9.64 Å². The number of alkyl halides is 3.